The summed E-state index contributed by atoms with van der Waals surface area (Å²) in [6, 6.07) is 15.5. The zero-order valence-electron chi connectivity index (χ0n) is 14.7. The van der Waals surface area contributed by atoms with Crippen molar-refractivity contribution in [3.63, 3.8) is 0 Å². The maximum absolute atomic E-state index is 12.9. The van der Waals surface area contributed by atoms with Crippen molar-refractivity contribution in [1.29, 1.82) is 0 Å². The first-order valence-electron chi connectivity index (χ1n) is 8.14. The highest BCUT2D eigenvalue weighted by Gasteiger charge is 2.16. The Hall–Kier alpha value is -2.31. The molecule has 0 aliphatic rings. The van der Waals surface area contributed by atoms with Crippen molar-refractivity contribution in [1.82, 2.24) is 9.88 Å². The van der Waals surface area contributed by atoms with E-state index in [1.165, 1.54) is 0 Å². The van der Waals surface area contributed by atoms with Crippen LogP contribution in [0.2, 0.25) is 0 Å². The number of carbonyl (C=O) groups excluding carboxylic acids is 1. The van der Waals surface area contributed by atoms with Gasteiger partial charge in [0.15, 0.2) is 0 Å². The fourth-order valence-electron chi connectivity index (χ4n) is 2.51. The lowest BCUT2D eigenvalue weighted by Crippen LogP contribution is -2.26. The minimum atomic E-state index is 0.0159. The summed E-state index contributed by atoms with van der Waals surface area (Å²) in [6.45, 7) is 0.550. The van der Waals surface area contributed by atoms with E-state index in [0.29, 0.717) is 6.54 Å². The zero-order valence-corrected chi connectivity index (χ0v) is 16.3. The van der Waals surface area contributed by atoms with E-state index < -0.39 is 0 Å². The summed E-state index contributed by atoms with van der Waals surface area (Å²) in [6.07, 6.45) is 0. The molecular formula is C20H20N2O2S2. The van der Waals surface area contributed by atoms with E-state index in [1.807, 2.05) is 66.5 Å². The second kappa shape index (κ2) is 8.87. The number of ether oxygens (including phenoxy) is 1. The van der Waals surface area contributed by atoms with Gasteiger partial charge in [-0.3, -0.25) is 4.79 Å². The molecule has 1 heterocycles. The average Bonchev–Trinajstić information content (AvgIpc) is 3.20. The number of carbonyl (C=O) groups is 1. The SMILES string of the molecule is COc1ccc(CN(C)C(=O)c2ccccc2SCc2cscn2)cc1. The van der Waals surface area contributed by atoms with Gasteiger partial charge in [0.1, 0.15) is 5.75 Å². The molecule has 0 aliphatic carbocycles. The molecule has 1 amide bonds. The number of thiazole rings is 1. The number of amides is 1. The van der Waals surface area contributed by atoms with E-state index in [2.05, 4.69) is 4.98 Å². The molecule has 6 heteroatoms. The molecule has 1 aromatic heterocycles. The van der Waals surface area contributed by atoms with Gasteiger partial charge in [0.05, 0.1) is 23.9 Å². The van der Waals surface area contributed by atoms with Crippen LogP contribution in [0.3, 0.4) is 0 Å². The Morgan fingerprint density at radius 3 is 2.65 bits per heavy atom. The molecule has 3 aromatic rings. The Balaban J connectivity index is 1.69. The molecule has 0 aliphatic heterocycles. The standard InChI is InChI=1S/C20H20N2O2S2/c1-22(11-15-7-9-17(24-2)10-8-15)20(23)18-5-3-4-6-19(18)26-13-16-12-25-14-21-16/h3-10,12,14H,11,13H2,1-2H3. The Bertz CT molecular complexity index is 849. The first-order chi connectivity index (χ1) is 12.7. The fourth-order valence-corrected chi connectivity index (χ4v) is 4.12. The van der Waals surface area contributed by atoms with Gasteiger partial charge < -0.3 is 9.64 Å². The molecule has 0 atom stereocenters. The van der Waals surface area contributed by atoms with Crippen molar-refractivity contribution in [3.05, 3.63) is 76.2 Å². The zero-order chi connectivity index (χ0) is 18.4. The summed E-state index contributed by atoms with van der Waals surface area (Å²) < 4.78 is 5.18. The lowest BCUT2D eigenvalue weighted by Gasteiger charge is -2.19. The molecule has 2 aromatic carbocycles. The van der Waals surface area contributed by atoms with E-state index in [-0.39, 0.29) is 5.91 Å². The molecule has 4 nitrogen and oxygen atoms in total. The van der Waals surface area contributed by atoms with Gasteiger partial charge >= 0.3 is 0 Å². The van der Waals surface area contributed by atoms with Gasteiger partial charge in [0, 0.05) is 29.6 Å². The summed E-state index contributed by atoms with van der Waals surface area (Å²) >= 11 is 3.23. The molecule has 0 spiro atoms. The van der Waals surface area contributed by atoms with Gasteiger partial charge in [-0.05, 0) is 29.8 Å². The molecule has 0 saturated heterocycles. The Morgan fingerprint density at radius 1 is 1.19 bits per heavy atom. The first-order valence-corrected chi connectivity index (χ1v) is 10.1. The minimum Gasteiger partial charge on any atom is -0.497 e. The van der Waals surface area contributed by atoms with Crippen LogP contribution in [0.15, 0.2) is 64.3 Å². The lowest BCUT2D eigenvalue weighted by molar-refractivity contribution is 0.0781. The number of benzene rings is 2. The molecule has 0 unspecified atom stereocenters. The predicted octanol–water partition coefficient (Wildman–Crippen LogP) is 4.72. The van der Waals surface area contributed by atoms with Crippen LogP contribution in [-0.4, -0.2) is 29.9 Å². The summed E-state index contributed by atoms with van der Waals surface area (Å²) in [5.41, 5.74) is 4.65. The monoisotopic (exact) mass is 384 g/mol. The van der Waals surface area contributed by atoms with Crippen molar-refractivity contribution in [2.24, 2.45) is 0 Å². The average molecular weight is 385 g/mol. The number of rotatable bonds is 7. The number of hydrogen-bond donors (Lipinski definition) is 0. The highest BCUT2D eigenvalue weighted by atomic mass is 32.2. The van der Waals surface area contributed by atoms with Crippen LogP contribution in [-0.2, 0) is 12.3 Å². The highest BCUT2D eigenvalue weighted by molar-refractivity contribution is 7.98. The van der Waals surface area contributed by atoms with Crippen LogP contribution in [0.4, 0.5) is 0 Å². The topological polar surface area (TPSA) is 42.4 Å². The molecule has 134 valence electrons. The molecule has 0 N–H and O–H groups in total. The third-order valence-electron chi connectivity index (χ3n) is 3.90. The van der Waals surface area contributed by atoms with E-state index in [9.17, 15) is 4.79 Å². The summed E-state index contributed by atoms with van der Waals surface area (Å²) in [5.74, 6) is 1.59. The molecule has 0 bridgehead atoms. The van der Waals surface area contributed by atoms with Gasteiger partial charge in [-0.25, -0.2) is 4.98 Å². The van der Waals surface area contributed by atoms with Gasteiger partial charge in [-0.2, -0.15) is 0 Å². The van der Waals surface area contributed by atoms with Gasteiger partial charge in [0.2, 0.25) is 0 Å². The van der Waals surface area contributed by atoms with E-state index in [0.717, 1.165) is 33.2 Å². The van der Waals surface area contributed by atoms with Gasteiger partial charge in [-0.15, -0.1) is 23.1 Å². The molecular weight excluding hydrogens is 364 g/mol. The number of nitrogens with zero attached hydrogens (tertiary/aromatic N) is 2. The molecule has 3 rings (SSSR count). The fraction of sp³-hybridized carbons (Fsp3) is 0.200. The Labute approximate surface area is 161 Å². The molecule has 26 heavy (non-hydrogen) atoms. The Morgan fingerprint density at radius 2 is 1.96 bits per heavy atom. The summed E-state index contributed by atoms with van der Waals surface area (Å²) in [4.78, 5) is 20.0. The number of hydrogen-bond acceptors (Lipinski definition) is 5. The highest BCUT2D eigenvalue weighted by Crippen LogP contribution is 2.27. The van der Waals surface area contributed by atoms with Crippen LogP contribution >= 0.6 is 23.1 Å². The third kappa shape index (κ3) is 4.65. The van der Waals surface area contributed by atoms with Crippen LogP contribution < -0.4 is 4.74 Å². The maximum Gasteiger partial charge on any atom is 0.255 e. The first kappa shape index (κ1) is 18.5. The van der Waals surface area contributed by atoms with Crippen molar-refractivity contribution >= 4 is 29.0 Å². The van der Waals surface area contributed by atoms with Crippen LogP contribution in [0.25, 0.3) is 0 Å². The molecule has 0 fully saturated rings. The van der Waals surface area contributed by atoms with Crippen LogP contribution in [0, 0.1) is 0 Å². The summed E-state index contributed by atoms with van der Waals surface area (Å²) in [7, 11) is 3.47. The largest absolute Gasteiger partial charge is 0.497 e. The molecule has 0 saturated carbocycles. The van der Waals surface area contributed by atoms with Crippen molar-refractivity contribution in [3.8, 4) is 5.75 Å². The maximum atomic E-state index is 12.9. The predicted molar refractivity (Wildman–Crippen MR) is 107 cm³/mol. The smallest absolute Gasteiger partial charge is 0.255 e. The summed E-state index contributed by atoms with van der Waals surface area (Å²) in [5, 5.41) is 2.03. The van der Waals surface area contributed by atoms with Crippen LogP contribution in [0.1, 0.15) is 21.6 Å². The van der Waals surface area contributed by atoms with Crippen molar-refractivity contribution < 1.29 is 9.53 Å². The quantitative estimate of drug-likeness (QED) is 0.553. The van der Waals surface area contributed by atoms with E-state index in [4.69, 9.17) is 4.74 Å². The van der Waals surface area contributed by atoms with Gasteiger partial charge in [-0.1, -0.05) is 24.3 Å². The number of methoxy groups -OCH3 is 1. The minimum absolute atomic E-state index is 0.0159. The van der Waals surface area contributed by atoms with Crippen molar-refractivity contribution in [2.75, 3.05) is 14.2 Å². The lowest BCUT2D eigenvalue weighted by atomic mass is 10.1. The number of thioether (sulfide) groups is 1. The van der Waals surface area contributed by atoms with Crippen LogP contribution in [0.5, 0.6) is 5.75 Å². The van der Waals surface area contributed by atoms with E-state index in [1.54, 1.807) is 35.1 Å². The third-order valence-corrected chi connectivity index (χ3v) is 5.64. The van der Waals surface area contributed by atoms with E-state index >= 15 is 0 Å². The second-order valence-electron chi connectivity index (χ2n) is 5.77. The van der Waals surface area contributed by atoms with Crippen molar-refractivity contribution in [2.45, 2.75) is 17.2 Å². The normalized spacial score (nSPS) is 10.5. The Kier molecular flexibility index (Phi) is 6.30. The van der Waals surface area contributed by atoms with Gasteiger partial charge in [0.25, 0.3) is 5.91 Å². The second-order valence-corrected chi connectivity index (χ2v) is 7.51. The molecule has 0 radical (unpaired) electrons. The number of aromatic nitrogens is 1.